The highest BCUT2D eigenvalue weighted by Gasteiger charge is 2.25. The predicted molar refractivity (Wildman–Crippen MR) is 61.1 cm³/mol. The van der Waals surface area contributed by atoms with Crippen LogP contribution in [0.25, 0.3) is 0 Å². The summed E-state index contributed by atoms with van der Waals surface area (Å²) < 4.78 is 4.83. The van der Waals surface area contributed by atoms with E-state index in [-0.39, 0.29) is 11.3 Å². The third-order valence-corrected chi connectivity index (χ3v) is 2.38. The lowest BCUT2D eigenvalue weighted by molar-refractivity contribution is -0.385. The van der Waals surface area contributed by atoms with Crippen LogP contribution < -0.4 is 0 Å². The van der Waals surface area contributed by atoms with Crippen LogP contribution in [0.3, 0.4) is 0 Å². The first-order valence-corrected chi connectivity index (χ1v) is 5.05. The van der Waals surface area contributed by atoms with E-state index in [0.717, 1.165) is 7.11 Å². The van der Waals surface area contributed by atoms with Gasteiger partial charge in [0.15, 0.2) is 0 Å². The monoisotopic (exact) mass is 302 g/mol. The quantitative estimate of drug-likeness (QED) is 0.301. The molecule has 0 aliphatic heterocycles. The van der Waals surface area contributed by atoms with Gasteiger partial charge in [-0.15, -0.1) is 0 Å². The number of hydrogen-bond donors (Lipinski definition) is 1. The fourth-order valence-electron chi connectivity index (χ4n) is 1.16. The van der Waals surface area contributed by atoms with Crippen LogP contribution in [0.2, 0.25) is 0 Å². The summed E-state index contributed by atoms with van der Waals surface area (Å²) in [6.45, 7) is 0. The molecule has 90 valence electrons. The van der Waals surface area contributed by atoms with Crippen molar-refractivity contribution in [2.45, 2.75) is 0 Å². The Morgan fingerprint density at radius 3 is 2.71 bits per heavy atom. The highest BCUT2D eigenvalue weighted by molar-refractivity contribution is 9.10. The van der Waals surface area contributed by atoms with E-state index >= 15 is 0 Å². The van der Waals surface area contributed by atoms with Gasteiger partial charge in [-0.2, -0.15) is 0 Å². The molecule has 0 heterocycles. The lowest BCUT2D eigenvalue weighted by atomic mass is 10.1. The maximum atomic E-state index is 11.3. The average molecular weight is 303 g/mol. The van der Waals surface area contributed by atoms with Gasteiger partial charge in [0.1, 0.15) is 0 Å². The van der Waals surface area contributed by atoms with Gasteiger partial charge in [0.05, 0.1) is 17.6 Å². The van der Waals surface area contributed by atoms with Crippen molar-refractivity contribution in [3.8, 4) is 0 Å². The molecule has 7 nitrogen and oxygen atoms in total. The zero-order valence-electron chi connectivity index (χ0n) is 8.58. The zero-order valence-corrected chi connectivity index (χ0v) is 10.2. The lowest BCUT2D eigenvalue weighted by Crippen LogP contribution is -2.18. The maximum absolute atomic E-state index is 11.3. The van der Waals surface area contributed by atoms with Crippen LogP contribution >= 0.6 is 15.9 Å². The predicted octanol–water partition coefficient (Wildman–Crippen LogP) is 1.71. The summed E-state index contributed by atoms with van der Waals surface area (Å²) in [5, 5.41) is 22.2. The molecule has 1 N–H and O–H groups in total. The van der Waals surface area contributed by atoms with Gasteiger partial charge >= 0.3 is 5.97 Å². The van der Waals surface area contributed by atoms with Gasteiger partial charge in [0.2, 0.25) is 5.71 Å². The van der Waals surface area contributed by atoms with Crippen molar-refractivity contribution in [3.63, 3.8) is 0 Å². The van der Waals surface area contributed by atoms with Gasteiger partial charge in [0, 0.05) is 10.5 Å². The number of nitro benzene ring substituents is 1. The van der Waals surface area contributed by atoms with Gasteiger partial charge in [0.25, 0.3) is 5.69 Å². The zero-order chi connectivity index (χ0) is 13.0. The second kappa shape index (κ2) is 5.39. The Kier molecular flexibility index (Phi) is 4.16. The first kappa shape index (κ1) is 13.1. The van der Waals surface area contributed by atoms with Crippen molar-refractivity contribution < 1.29 is 19.7 Å². The normalized spacial score (nSPS) is 11.1. The fraction of sp³-hybridized carbons (Fsp3) is 0.111. The van der Waals surface area contributed by atoms with Crippen molar-refractivity contribution in [2.75, 3.05) is 7.11 Å². The number of nitro groups is 1. The maximum Gasteiger partial charge on any atom is 0.361 e. The van der Waals surface area contributed by atoms with E-state index in [0.29, 0.717) is 4.47 Å². The summed E-state index contributed by atoms with van der Waals surface area (Å²) in [6.07, 6.45) is 0. The third kappa shape index (κ3) is 2.78. The van der Waals surface area contributed by atoms with Crippen LogP contribution in [-0.2, 0) is 9.53 Å². The summed E-state index contributed by atoms with van der Waals surface area (Å²) in [6, 6.07) is 3.97. The van der Waals surface area contributed by atoms with Crippen molar-refractivity contribution >= 4 is 33.3 Å². The van der Waals surface area contributed by atoms with Crippen LogP contribution in [-0.4, -0.2) is 28.9 Å². The number of methoxy groups -OCH3 is 1. The molecule has 0 radical (unpaired) electrons. The minimum absolute atomic E-state index is 0.118. The number of esters is 1. The van der Waals surface area contributed by atoms with Crippen LogP contribution in [0.15, 0.2) is 27.8 Å². The second-order valence-corrected chi connectivity index (χ2v) is 3.77. The second-order valence-electron chi connectivity index (χ2n) is 2.86. The van der Waals surface area contributed by atoms with Gasteiger partial charge < -0.3 is 9.94 Å². The van der Waals surface area contributed by atoms with Gasteiger partial charge in [-0.3, -0.25) is 10.1 Å². The van der Waals surface area contributed by atoms with Gasteiger partial charge in [-0.1, -0.05) is 21.1 Å². The molecule has 1 aromatic rings. The smallest absolute Gasteiger partial charge is 0.361 e. The Labute approximate surface area is 104 Å². The molecule has 0 aromatic heterocycles. The highest BCUT2D eigenvalue weighted by Crippen LogP contribution is 2.24. The summed E-state index contributed by atoms with van der Waals surface area (Å²) >= 11 is 3.07. The molecule has 8 heteroatoms. The van der Waals surface area contributed by atoms with Crippen LogP contribution in [0.4, 0.5) is 5.69 Å². The number of oxime groups is 1. The third-order valence-electron chi connectivity index (χ3n) is 1.89. The van der Waals surface area contributed by atoms with E-state index in [9.17, 15) is 14.9 Å². The van der Waals surface area contributed by atoms with E-state index < -0.39 is 16.6 Å². The van der Waals surface area contributed by atoms with Crippen LogP contribution in [0.5, 0.6) is 0 Å². The molecule has 0 unspecified atom stereocenters. The number of rotatable bonds is 3. The molecule has 0 atom stereocenters. The Balaban J connectivity index is 3.39. The Morgan fingerprint density at radius 2 is 2.24 bits per heavy atom. The van der Waals surface area contributed by atoms with Crippen LogP contribution in [0, 0.1) is 10.1 Å². The molecule has 0 spiro atoms. The van der Waals surface area contributed by atoms with Crippen molar-refractivity contribution in [2.24, 2.45) is 5.16 Å². The molecule has 0 amide bonds. The number of hydrogen-bond acceptors (Lipinski definition) is 6. The number of benzene rings is 1. The minimum atomic E-state index is -0.960. The van der Waals surface area contributed by atoms with E-state index in [1.54, 1.807) is 0 Å². The topological polar surface area (TPSA) is 102 Å². The summed E-state index contributed by atoms with van der Waals surface area (Å²) in [5.74, 6) is -0.960. The van der Waals surface area contributed by atoms with E-state index in [1.807, 2.05) is 0 Å². The molecule has 0 fully saturated rings. The van der Waals surface area contributed by atoms with E-state index in [2.05, 4.69) is 25.8 Å². The molecular formula is C9H7BrN2O5. The molecule has 0 aliphatic carbocycles. The molecule has 0 aliphatic rings. The summed E-state index contributed by atoms with van der Waals surface area (Å²) in [5.41, 5.74) is -1.00. The number of ether oxygens (including phenoxy) is 1. The largest absolute Gasteiger partial charge is 0.464 e. The number of nitrogens with zero attached hydrogens (tertiary/aromatic N) is 2. The van der Waals surface area contributed by atoms with Gasteiger partial charge in [-0.25, -0.2) is 4.79 Å². The SMILES string of the molecule is COC(=O)/C(=N/O)c1ccc(Br)cc1[N+](=O)[O-]. The van der Waals surface area contributed by atoms with Crippen molar-refractivity contribution in [1.29, 1.82) is 0 Å². The van der Waals surface area contributed by atoms with E-state index in [1.165, 1.54) is 18.2 Å². The summed E-state index contributed by atoms with van der Waals surface area (Å²) in [7, 11) is 1.08. The minimum Gasteiger partial charge on any atom is -0.464 e. The van der Waals surface area contributed by atoms with Gasteiger partial charge in [-0.05, 0) is 12.1 Å². The first-order chi connectivity index (χ1) is 8.01. The molecule has 1 aromatic carbocycles. The lowest BCUT2D eigenvalue weighted by Gasteiger charge is -2.03. The Bertz CT molecular complexity index is 500. The average Bonchev–Trinajstić information content (AvgIpc) is 2.31. The Morgan fingerprint density at radius 1 is 1.59 bits per heavy atom. The standard InChI is InChI=1S/C9H7BrN2O5/c1-17-9(13)8(11-14)6-3-2-5(10)4-7(6)12(15)16/h2-4,14H,1H3/b11-8+. The fourth-order valence-corrected chi connectivity index (χ4v) is 1.51. The van der Waals surface area contributed by atoms with Crippen molar-refractivity contribution in [3.05, 3.63) is 38.3 Å². The van der Waals surface area contributed by atoms with Crippen molar-refractivity contribution in [1.82, 2.24) is 0 Å². The molecular weight excluding hydrogens is 296 g/mol. The molecule has 17 heavy (non-hydrogen) atoms. The first-order valence-electron chi connectivity index (χ1n) is 4.26. The number of halogens is 1. The van der Waals surface area contributed by atoms with Crippen LogP contribution in [0.1, 0.15) is 5.56 Å². The van der Waals surface area contributed by atoms with E-state index in [4.69, 9.17) is 5.21 Å². The molecule has 0 saturated carbocycles. The number of carbonyl (C=O) groups excluding carboxylic acids is 1. The molecule has 0 saturated heterocycles. The highest BCUT2D eigenvalue weighted by atomic mass is 79.9. The molecule has 0 bridgehead atoms. The molecule has 1 rings (SSSR count). The number of carbonyl (C=O) groups is 1. The summed E-state index contributed by atoms with van der Waals surface area (Å²) in [4.78, 5) is 21.4. The Hall–Kier alpha value is -1.96.